The lowest BCUT2D eigenvalue weighted by molar-refractivity contribution is -0.127. The van der Waals surface area contributed by atoms with Crippen LogP contribution in [0.2, 0.25) is 0 Å². The van der Waals surface area contributed by atoms with Gasteiger partial charge in [0.15, 0.2) is 0 Å². The topological polar surface area (TPSA) is 99.3 Å². The minimum atomic E-state index is -0.530. The van der Waals surface area contributed by atoms with Gasteiger partial charge in [0.2, 0.25) is 0 Å². The van der Waals surface area contributed by atoms with Crippen molar-refractivity contribution in [3.63, 3.8) is 0 Å². The van der Waals surface area contributed by atoms with Crippen molar-refractivity contribution in [3.8, 4) is 11.1 Å². The Balaban J connectivity index is 1.38. The van der Waals surface area contributed by atoms with Crippen molar-refractivity contribution in [2.45, 2.75) is 6.92 Å². The molecule has 3 aromatic rings. The first-order chi connectivity index (χ1) is 15.0. The number of rotatable bonds is 7. The molecule has 0 spiro atoms. The predicted molar refractivity (Wildman–Crippen MR) is 120 cm³/mol. The smallest absolute Gasteiger partial charge is 0.257 e. The molecular formula is C24H24N4O3. The van der Waals surface area contributed by atoms with Crippen molar-refractivity contribution in [2.24, 2.45) is 0 Å². The Labute approximate surface area is 180 Å². The molecule has 3 rings (SSSR count). The van der Waals surface area contributed by atoms with E-state index in [1.165, 1.54) is 0 Å². The lowest BCUT2D eigenvalue weighted by Gasteiger charge is -2.10. The fourth-order valence-corrected chi connectivity index (χ4v) is 2.79. The Kier molecular flexibility index (Phi) is 7.37. The summed E-state index contributed by atoms with van der Waals surface area (Å²) in [6.07, 6.45) is 0. The summed E-state index contributed by atoms with van der Waals surface area (Å²) >= 11 is 0. The number of amides is 3. The van der Waals surface area contributed by atoms with Crippen LogP contribution in [0.25, 0.3) is 11.1 Å². The molecule has 0 fully saturated rings. The molecule has 0 unspecified atom stereocenters. The van der Waals surface area contributed by atoms with Gasteiger partial charge in [-0.05, 0) is 42.3 Å². The molecular weight excluding hydrogens is 392 g/mol. The maximum atomic E-state index is 12.2. The summed E-state index contributed by atoms with van der Waals surface area (Å²) in [5.74, 6) is -1.31. The zero-order valence-corrected chi connectivity index (χ0v) is 17.1. The number of aryl methyl sites for hydroxylation is 1. The van der Waals surface area contributed by atoms with Crippen molar-refractivity contribution in [1.82, 2.24) is 16.2 Å². The van der Waals surface area contributed by atoms with Crippen molar-refractivity contribution in [1.29, 1.82) is 0 Å². The largest absolute Gasteiger partial charge is 0.376 e. The Morgan fingerprint density at radius 3 is 1.90 bits per heavy atom. The molecule has 0 atom stereocenters. The first-order valence-corrected chi connectivity index (χ1v) is 9.83. The summed E-state index contributed by atoms with van der Waals surface area (Å²) in [6.45, 7) is 1.72. The summed E-state index contributed by atoms with van der Waals surface area (Å²) in [6, 6.07) is 24.5. The first-order valence-electron chi connectivity index (χ1n) is 9.83. The SMILES string of the molecule is Cc1ccc(NCC(=O)NNC(=O)CNC(=O)c2ccc(-c3ccccc3)cc2)cc1. The Bertz CT molecular complexity index is 1030. The van der Waals surface area contributed by atoms with Crippen LogP contribution in [-0.4, -0.2) is 30.8 Å². The van der Waals surface area contributed by atoms with Gasteiger partial charge in [-0.1, -0.05) is 60.2 Å². The van der Waals surface area contributed by atoms with Crippen LogP contribution in [0.4, 0.5) is 5.69 Å². The summed E-state index contributed by atoms with van der Waals surface area (Å²) in [4.78, 5) is 35.9. The van der Waals surface area contributed by atoms with Crippen LogP contribution in [-0.2, 0) is 9.59 Å². The molecule has 0 aliphatic rings. The minimum Gasteiger partial charge on any atom is -0.376 e. The minimum absolute atomic E-state index is 0.00344. The molecule has 0 heterocycles. The molecule has 7 heteroatoms. The van der Waals surface area contributed by atoms with Gasteiger partial charge < -0.3 is 10.6 Å². The highest BCUT2D eigenvalue weighted by atomic mass is 16.2. The van der Waals surface area contributed by atoms with Crippen molar-refractivity contribution in [2.75, 3.05) is 18.4 Å². The zero-order valence-electron chi connectivity index (χ0n) is 17.1. The fraction of sp³-hybridized carbons (Fsp3) is 0.125. The third kappa shape index (κ3) is 6.71. The number of carbonyl (C=O) groups excluding carboxylic acids is 3. The Hall–Kier alpha value is -4.13. The van der Waals surface area contributed by atoms with Gasteiger partial charge in [0.1, 0.15) is 0 Å². The standard InChI is InChI=1S/C24H24N4O3/c1-17-7-13-21(14-8-17)25-15-22(29)27-28-23(30)16-26-24(31)20-11-9-19(10-12-20)18-5-3-2-4-6-18/h2-14,25H,15-16H2,1H3,(H,26,31)(H,27,29)(H,28,30). The lowest BCUT2D eigenvalue weighted by atomic mass is 10.0. The van der Waals surface area contributed by atoms with Gasteiger partial charge >= 0.3 is 0 Å². The lowest BCUT2D eigenvalue weighted by Crippen LogP contribution is -2.47. The van der Waals surface area contributed by atoms with Crippen LogP contribution in [0.5, 0.6) is 0 Å². The van der Waals surface area contributed by atoms with Gasteiger partial charge in [-0.3, -0.25) is 25.2 Å². The maximum absolute atomic E-state index is 12.2. The molecule has 4 N–H and O–H groups in total. The second-order valence-electron chi connectivity index (χ2n) is 6.94. The molecule has 7 nitrogen and oxygen atoms in total. The normalized spacial score (nSPS) is 10.1. The van der Waals surface area contributed by atoms with Gasteiger partial charge in [-0.2, -0.15) is 0 Å². The summed E-state index contributed by atoms with van der Waals surface area (Å²) in [5, 5.41) is 5.48. The van der Waals surface area contributed by atoms with E-state index in [2.05, 4.69) is 21.5 Å². The van der Waals surface area contributed by atoms with Crippen LogP contribution in [0.1, 0.15) is 15.9 Å². The van der Waals surface area contributed by atoms with Gasteiger partial charge in [-0.25, -0.2) is 0 Å². The quantitative estimate of drug-likeness (QED) is 0.445. The number of hydrogen-bond donors (Lipinski definition) is 4. The van der Waals surface area contributed by atoms with Gasteiger partial charge in [0.05, 0.1) is 13.1 Å². The summed E-state index contributed by atoms with van der Waals surface area (Å²) in [5.41, 5.74) is 9.00. The van der Waals surface area contributed by atoms with Gasteiger partial charge in [0.25, 0.3) is 17.7 Å². The molecule has 0 saturated heterocycles. The van der Waals surface area contributed by atoms with E-state index in [4.69, 9.17) is 0 Å². The molecule has 3 amide bonds. The van der Waals surface area contributed by atoms with E-state index >= 15 is 0 Å². The highest BCUT2D eigenvalue weighted by Gasteiger charge is 2.09. The van der Waals surface area contributed by atoms with E-state index in [0.29, 0.717) is 5.56 Å². The number of hydrazine groups is 1. The van der Waals surface area contributed by atoms with E-state index < -0.39 is 11.8 Å². The van der Waals surface area contributed by atoms with E-state index in [-0.39, 0.29) is 19.0 Å². The molecule has 3 aromatic carbocycles. The van der Waals surface area contributed by atoms with E-state index in [1.54, 1.807) is 12.1 Å². The van der Waals surface area contributed by atoms with E-state index in [0.717, 1.165) is 22.4 Å². The monoisotopic (exact) mass is 416 g/mol. The van der Waals surface area contributed by atoms with Gasteiger partial charge in [-0.15, -0.1) is 0 Å². The molecule has 0 saturated carbocycles. The van der Waals surface area contributed by atoms with Crippen molar-refractivity contribution < 1.29 is 14.4 Å². The first kappa shape index (κ1) is 21.6. The molecule has 0 aliphatic carbocycles. The van der Waals surface area contributed by atoms with Crippen LogP contribution < -0.4 is 21.5 Å². The number of anilines is 1. The van der Waals surface area contributed by atoms with Crippen molar-refractivity contribution >= 4 is 23.4 Å². The number of benzene rings is 3. The maximum Gasteiger partial charge on any atom is 0.257 e. The third-order valence-electron chi connectivity index (χ3n) is 4.51. The molecule has 0 aromatic heterocycles. The number of nitrogens with one attached hydrogen (secondary N) is 4. The highest BCUT2D eigenvalue weighted by Crippen LogP contribution is 2.19. The number of hydrogen-bond acceptors (Lipinski definition) is 4. The Morgan fingerprint density at radius 2 is 1.26 bits per heavy atom. The second-order valence-corrected chi connectivity index (χ2v) is 6.94. The van der Waals surface area contributed by atoms with Gasteiger partial charge in [0, 0.05) is 11.3 Å². The van der Waals surface area contributed by atoms with E-state index in [1.807, 2.05) is 73.7 Å². The second kappa shape index (κ2) is 10.6. The molecule has 0 aliphatic heterocycles. The van der Waals surface area contributed by atoms with Crippen LogP contribution >= 0.6 is 0 Å². The number of carbonyl (C=O) groups is 3. The molecule has 0 bridgehead atoms. The Morgan fingerprint density at radius 1 is 0.677 bits per heavy atom. The summed E-state index contributed by atoms with van der Waals surface area (Å²) < 4.78 is 0. The fourth-order valence-electron chi connectivity index (χ4n) is 2.79. The van der Waals surface area contributed by atoms with Crippen molar-refractivity contribution in [3.05, 3.63) is 90.0 Å². The van der Waals surface area contributed by atoms with Crippen LogP contribution in [0.15, 0.2) is 78.9 Å². The highest BCUT2D eigenvalue weighted by molar-refractivity contribution is 5.97. The molecule has 31 heavy (non-hydrogen) atoms. The molecule has 0 radical (unpaired) electrons. The van der Waals surface area contributed by atoms with Crippen LogP contribution in [0, 0.1) is 6.92 Å². The van der Waals surface area contributed by atoms with E-state index in [9.17, 15) is 14.4 Å². The van der Waals surface area contributed by atoms with Crippen LogP contribution in [0.3, 0.4) is 0 Å². The molecule has 158 valence electrons. The summed E-state index contributed by atoms with van der Waals surface area (Å²) in [7, 11) is 0. The predicted octanol–water partition coefficient (Wildman–Crippen LogP) is 2.65. The average Bonchev–Trinajstić information content (AvgIpc) is 2.81. The zero-order chi connectivity index (χ0) is 22.1. The average molecular weight is 416 g/mol. The third-order valence-corrected chi connectivity index (χ3v) is 4.51.